The molecular weight excluding hydrogens is 301 g/mol. The van der Waals surface area contributed by atoms with Crippen LogP contribution < -0.4 is 10.6 Å². The van der Waals surface area contributed by atoms with Crippen LogP contribution in [-0.2, 0) is 0 Å². The molecule has 0 aliphatic carbocycles. The van der Waals surface area contributed by atoms with Gasteiger partial charge in [0.2, 0.25) is 0 Å². The highest BCUT2D eigenvalue weighted by Crippen LogP contribution is 2.22. The Morgan fingerprint density at radius 3 is 2.26 bits per heavy atom. The van der Waals surface area contributed by atoms with Crippen LogP contribution in [0.2, 0.25) is 10.0 Å². The number of halogens is 2. The maximum Gasteiger partial charge on any atom is 0.170 e. The van der Waals surface area contributed by atoms with Gasteiger partial charge in [-0.15, -0.1) is 0 Å². The largest absolute Gasteiger partial charge is 0.361 e. The zero-order valence-electron chi connectivity index (χ0n) is 11.2. The molecule has 0 spiro atoms. The summed E-state index contributed by atoms with van der Waals surface area (Å²) in [5.74, 6) is 0. The van der Waals surface area contributed by atoms with E-state index in [0.29, 0.717) is 15.2 Å². The maximum atomic E-state index is 5.92. The molecule has 1 aromatic rings. The second-order valence-electron chi connectivity index (χ2n) is 4.07. The highest BCUT2D eigenvalue weighted by atomic mass is 35.5. The summed E-state index contributed by atoms with van der Waals surface area (Å²) in [6.45, 7) is 8.15. The molecule has 0 heterocycles. The highest BCUT2D eigenvalue weighted by molar-refractivity contribution is 7.80. The van der Waals surface area contributed by atoms with E-state index in [1.54, 1.807) is 18.2 Å². The highest BCUT2D eigenvalue weighted by Gasteiger charge is 2.02. The van der Waals surface area contributed by atoms with Crippen LogP contribution in [0.15, 0.2) is 18.2 Å². The minimum Gasteiger partial charge on any atom is -0.361 e. The van der Waals surface area contributed by atoms with Crippen LogP contribution in [0.25, 0.3) is 0 Å². The summed E-state index contributed by atoms with van der Waals surface area (Å²) in [6.07, 6.45) is 0. The van der Waals surface area contributed by atoms with E-state index in [9.17, 15) is 0 Å². The van der Waals surface area contributed by atoms with E-state index in [2.05, 4.69) is 29.4 Å². The van der Waals surface area contributed by atoms with Crippen molar-refractivity contribution in [3.05, 3.63) is 28.2 Å². The summed E-state index contributed by atoms with van der Waals surface area (Å²) in [4.78, 5) is 2.33. The molecule has 1 rings (SSSR count). The van der Waals surface area contributed by atoms with Gasteiger partial charge in [0.15, 0.2) is 5.11 Å². The zero-order valence-corrected chi connectivity index (χ0v) is 13.5. The second-order valence-corrected chi connectivity index (χ2v) is 5.35. The third-order valence-electron chi connectivity index (χ3n) is 2.73. The first-order valence-electron chi connectivity index (χ1n) is 6.28. The van der Waals surface area contributed by atoms with E-state index in [-0.39, 0.29) is 0 Å². The summed E-state index contributed by atoms with van der Waals surface area (Å²) in [5, 5.41) is 7.97. The van der Waals surface area contributed by atoms with E-state index in [4.69, 9.17) is 35.4 Å². The molecule has 1 aromatic carbocycles. The Labute approximate surface area is 130 Å². The first kappa shape index (κ1) is 16.5. The standard InChI is InChI=1S/C13H19Cl2N3S/c1-3-18(4-2)6-5-16-13(19)17-12-8-10(14)7-11(15)9-12/h7-9H,3-6H2,1-2H3,(H2,16,17,19). The van der Waals surface area contributed by atoms with Gasteiger partial charge in [0.25, 0.3) is 0 Å². The Hall–Kier alpha value is -0.550. The summed E-state index contributed by atoms with van der Waals surface area (Å²) in [5.41, 5.74) is 0.790. The predicted molar refractivity (Wildman–Crippen MR) is 88.5 cm³/mol. The van der Waals surface area contributed by atoms with Crippen LogP contribution >= 0.6 is 35.4 Å². The number of hydrogen-bond acceptors (Lipinski definition) is 2. The number of likely N-dealkylation sites (N-methyl/N-ethyl adjacent to an activating group) is 1. The van der Waals surface area contributed by atoms with Crippen molar-refractivity contribution in [2.24, 2.45) is 0 Å². The number of anilines is 1. The van der Waals surface area contributed by atoms with Crippen LogP contribution in [-0.4, -0.2) is 36.2 Å². The molecule has 106 valence electrons. The fourth-order valence-corrected chi connectivity index (χ4v) is 2.41. The summed E-state index contributed by atoms with van der Waals surface area (Å²) in [7, 11) is 0. The van der Waals surface area contributed by atoms with Gasteiger partial charge < -0.3 is 15.5 Å². The topological polar surface area (TPSA) is 27.3 Å². The van der Waals surface area contributed by atoms with Gasteiger partial charge in [-0.05, 0) is 43.5 Å². The van der Waals surface area contributed by atoms with Gasteiger partial charge in [-0.1, -0.05) is 37.0 Å². The molecule has 0 amide bonds. The van der Waals surface area contributed by atoms with Crippen molar-refractivity contribution in [3.63, 3.8) is 0 Å². The van der Waals surface area contributed by atoms with Crippen LogP contribution in [0, 0.1) is 0 Å². The van der Waals surface area contributed by atoms with E-state index in [0.717, 1.165) is 31.9 Å². The molecule has 3 nitrogen and oxygen atoms in total. The lowest BCUT2D eigenvalue weighted by Gasteiger charge is -2.19. The molecule has 0 saturated heterocycles. The fraction of sp³-hybridized carbons (Fsp3) is 0.462. The van der Waals surface area contributed by atoms with Crippen LogP contribution in [0.5, 0.6) is 0 Å². The average molecular weight is 320 g/mol. The van der Waals surface area contributed by atoms with E-state index in [1.165, 1.54) is 0 Å². The van der Waals surface area contributed by atoms with Crippen molar-refractivity contribution in [1.29, 1.82) is 0 Å². The monoisotopic (exact) mass is 319 g/mol. The molecule has 0 aromatic heterocycles. The molecule has 0 radical (unpaired) electrons. The quantitative estimate of drug-likeness (QED) is 0.783. The van der Waals surface area contributed by atoms with Gasteiger partial charge in [-0.25, -0.2) is 0 Å². The van der Waals surface area contributed by atoms with Crippen molar-refractivity contribution >= 4 is 46.2 Å². The smallest absolute Gasteiger partial charge is 0.170 e. The molecular formula is C13H19Cl2N3S. The zero-order chi connectivity index (χ0) is 14.3. The Kier molecular flexibility index (Phi) is 7.46. The minimum atomic E-state index is 0.575. The van der Waals surface area contributed by atoms with Crippen molar-refractivity contribution in [3.8, 4) is 0 Å². The van der Waals surface area contributed by atoms with E-state index >= 15 is 0 Å². The molecule has 6 heteroatoms. The Morgan fingerprint density at radius 1 is 1.16 bits per heavy atom. The summed E-state index contributed by atoms with van der Waals surface area (Å²) >= 11 is 17.1. The van der Waals surface area contributed by atoms with E-state index < -0.39 is 0 Å². The van der Waals surface area contributed by atoms with Crippen molar-refractivity contribution in [1.82, 2.24) is 10.2 Å². The molecule has 0 aliphatic rings. The first-order valence-corrected chi connectivity index (χ1v) is 7.44. The summed E-state index contributed by atoms with van der Waals surface area (Å²) < 4.78 is 0. The molecule has 0 bridgehead atoms. The predicted octanol–water partition coefficient (Wildman–Crippen LogP) is 3.62. The van der Waals surface area contributed by atoms with Crippen LogP contribution in [0.3, 0.4) is 0 Å². The Balaban J connectivity index is 2.38. The number of thiocarbonyl (C=S) groups is 1. The van der Waals surface area contributed by atoms with Crippen LogP contribution in [0.1, 0.15) is 13.8 Å². The van der Waals surface area contributed by atoms with Gasteiger partial charge in [-0.2, -0.15) is 0 Å². The van der Waals surface area contributed by atoms with Crippen molar-refractivity contribution < 1.29 is 0 Å². The minimum absolute atomic E-state index is 0.575. The van der Waals surface area contributed by atoms with Gasteiger partial charge in [-0.3, -0.25) is 0 Å². The lowest BCUT2D eigenvalue weighted by molar-refractivity contribution is 0.308. The third kappa shape index (κ3) is 6.43. The van der Waals surface area contributed by atoms with Gasteiger partial charge in [0.1, 0.15) is 0 Å². The average Bonchev–Trinajstić information content (AvgIpc) is 2.33. The van der Waals surface area contributed by atoms with E-state index in [1.807, 2.05) is 0 Å². The molecule has 0 unspecified atom stereocenters. The molecule has 0 saturated carbocycles. The fourth-order valence-electron chi connectivity index (χ4n) is 1.67. The Morgan fingerprint density at radius 2 is 1.74 bits per heavy atom. The lowest BCUT2D eigenvalue weighted by Crippen LogP contribution is -2.36. The second kappa shape index (κ2) is 8.59. The first-order chi connectivity index (χ1) is 9.05. The van der Waals surface area contributed by atoms with Gasteiger partial charge in [0, 0.05) is 28.8 Å². The number of rotatable bonds is 6. The third-order valence-corrected chi connectivity index (χ3v) is 3.41. The molecule has 0 atom stereocenters. The molecule has 0 fully saturated rings. The van der Waals surface area contributed by atoms with Crippen molar-refractivity contribution in [2.45, 2.75) is 13.8 Å². The summed E-state index contributed by atoms with van der Waals surface area (Å²) in [6, 6.07) is 5.25. The molecule has 2 N–H and O–H groups in total. The number of nitrogens with zero attached hydrogens (tertiary/aromatic N) is 1. The van der Waals surface area contributed by atoms with Gasteiger partial charge in [0.05, 0.1) is 0 Å². The molecule has 19 heavy (non-hydrogen) atoms. The van der Waals surface area contributed by atoms with Crippen LogP contribution in [0.4, 0.5) is 5.69 Å². The number of nitrogens with one attached hydrogen (secondary N) is 2. The SMILES string of the molecule is CCN(CC)CCNC(=S)Nc1cc(Cl)cc(Cl)c1. The molecule has 0 aliphatic heterocycles. The normalized spacial score (nSPS) is 10.6. The van der Waals surface area contributed by atoms with Gasteiger partial charge >= 0.3 is 0 Å². The Bertz CT molecular complexity index is 402. The lowest BCUT2D eigenvalue weighted by atomic mass is 10.3. The number of hydrogen-bond donors (Lipinski definition) is 2. The number of benzene rings is 1. The maximum absolute atomic E-state index is 5.92. The van der Waals surface area contributed by atoms with Crippen molar-refractivity contribution in [2.75, 3.05) is 31.5 Å².